The van der Waals surface area contributed by atoms with Crippen molar-refractivity contribution in [1.82, 2.24) is 9.88 Å². The molecule has 2 heterocycles. The van der Waals surface area contributed by atoms with Crippen LogP contribution in [0.5, 0.6) is 5.75 Å². The van der Waals surface area contributed by atoms with Gasteiger partial charge in [0.25, 0.3) is 5.91 Å². The average Bonchev–Trinajstić information content (AvgIpc) is 2.85. The first-order valence-corrected chi connectivity index (χ1v) is 12.7. The van der Waals surface area contributed by atoms with E-state index in [1.54, 1.807) is 17.0 Å². The third-order valence-corrected chi connectivity index (χ3v) is 7.29. The van der Waals surface area contributed by atoms with Crippen molar-refractivity contribution in [1.29, 1.82) is 0 Å². The van der Waals surface area contributed by atoms with Gasteiger partial charge in [0.15, 0.2) is 11.6 Å². The van der Waals surface area contributed by atoms with Crippen LogP contribution < -0.4 is 10.1 Å². The number of halogens is 3. The Morgan fingerprint density at radius 1 is 1.17 bits per heavy atom. The Morgan fingerprint density at radius 2 is 1.83 bits per heavy atom. The molecule has 0 radical (unpaired) electrons. The van der Waals surface area contributed by atoms with Crippen LogP contribution in [0.3, 0.4) is 0 Å². The van der Waals surface area contributed by atoms with Crippen molar-refractivity contribution in [2.75, 3.05) is 25.5 Å². The fourth-order valence-electron chi connectivity index (χ4n) is 4.14. The second-order valence-corrected chi connectivity index (χ2v) is 9.95. The third kappa shape index (κ3) is 5.43. The zero-order valence-corrected chi connectivity index (χ0v) is 20.6. The van der Waals surface area contributed by atoms with E-state index in [1.807, 2.05) is 0 Å². The Hall–Kier alpha value is -3.28. The molecule has 190 valence electrons. The predicted molar refractivity (Wildman–Crippen MR) is 130 cm³/mol. The monoisotopic (exact) mass is 537 g/mol. The molecule has 36 heavy (non-hydrogen) atoms. The van der Waals surface area contributed by atoms with Gasteiger partial charge in [-0.1, -0.05) is 23.7 Å². The summed E-state index contributed by atoms with van der Waals surface area (Å²) in [5.41, 5.74) is 0.944. The number of hydrogen-bond acceptors (Lipinski definition) is 6. The van der Waals surface area contributed by atoms with Crippen LogP contribution in [0, 0.1) is 11.6 Å². The van der Waals surface area contributed by atoms with Gasteiger partial charge in [-0.25, -0.2) is 13.8 Å². The van der Waals surface area contributed by atoms with E-state index in [2.05, 4.69) is 10.3 Å². The number of nitrogens with one attached hydrogen (secondary N) is 1. The van der Waals surface area contributed by atoms with Gasteiger partial charge < -0.3 is 15.0 Å². The second-order valence-electron chi connectivity index (χ2n) is 8.23. The van der Waals surface area contributed by atoms with Crippen LogP contribution in [0.2, 0.25) is 5.02 Å². The molecule has 0 spiro atoms. The Morgan fingerprint density at radius 3 is 2.42 bits per heavy atom. The molecule has 3 aromatic rings. The summed E-state index contributed by atoms with van der Waals surface area (Å²) in [5, 5.41) is 1.43. The molecule has 1 aromatic heterocycles. The maximum atomic E-state index is 14.2. The zero-order valence-electron chi connectivity index (χ0n) is 19.0. The summed E-state index contributed by atoms with van der Waals surface area (Å²) >= 11 is 6.26. The number of nitrogens with zero attached hydrogens (tertiary/aromatic N) is 2. The number of carbonyl (C=O) groups is 1. The van der Waals surface area contributed by atoms with E-state index >= 15 is 0 Å². The van der Waals surface area contributed by atoms with Crippen LogP contribution in [0.15, 0.2) is 53.7 Å². The standard InChI is InChI=1S/C24H22ClF2N3O5S/c1-35-20-7-6-17(12-19(20)27)29-22-18(13-28-23(21(22)25)36(32,33)34)24(31)30-10-8-15(9-11-30)14-2-4-16(26)5-3-14/h2-7,12-13,15H,8-11H2,1H3,(H,28,29)(H,32,33,34). The fraction of sp³-hybridized carbons (Fsp3) is 0.250. The van der Waals surface area contributed by atoms with E-state index in [1.165, 1.54) is 31.4 Å². The molecular weight excluding hydrogens is 516 g/mol. The van der Waals surface area contributed by atoms with E-state index in [0.29, 0.717) is 25.9 Å². The van der Waals surface area contributed by atoms with Crippen LogP contribution in [0.4, 0.5) is 20.2 Å². The van der Waals surface area contributed by atoms with Crippen molar-refractivity contribution in [2.45, 2.75) is 23.8 Å². The van der Waals surface area contributed by atoms with E-state index in [0.717, 1.165) is 17.8 Å². The predicted octanol–water partition coefficient (Wildman–Crippen LogP) is 5.03. The lowest BCUT2D eigenvalue weighted by Gasteiger charge is -2.32. The van der Waals surface area contributed by atoms with Gasteiger partial charge in [-0.3, -0.25) is 9.35 Å². The minimum Gasteiger partial charge on any atom is -0.494 e. The second kappa shape index (κ2) is 10.4. The van der Waals surface area contributed by atoms with Crippen LogP contribution >= 0.6 is 11.6 Å². The molecular formula is C24H22ClF2N3O5S. The minimum atomic E-state index is -4.80. The summed E-state index contributed by atoms with van der Waals surface area (Å²) < 4.78 is 65.4. The van der Waals surface area contributed by atoms with Crippen molar-refractivity contribution < 1.29 is 31.3 Å². The SMILES string of the molecule is COc1ccc(Nc2c(C(=O)N3CCC(c4ccc(F)cc4)CC3)cnc(S(=O)(=O)O)c2Cl)cc1F. The molecule has 0 atom stereocenters. The molecule has 1 saturated heterocycles. The minimum absolute atomic E-state index is 0.0136. The Kier molecular flexibility index (Phi) is 7.43. The molecule has 1 aliphatic heterocycles. The lowest BCUT2D eigenvalue weighted by molar-refractivity contribution is 0.0713. The maximum Gasteiger partial charge on any atom is 0.313 e. The summed E-state index contributed by atoms with van der Waals surface area (Å²) in [6.45, 7) is 0.768. The third-order valence-electron chi connectivity index (χ3n) is 6.01. The fourth-order valence-corrected chi connectivity index (χ4v) is 5.15. The molecule has 1 fully saturated rings. The first kappa shape index (κ1) is 25.8. The quantitative estimate of drug-likeness (QED) is 0.424. The number of ether oxygens (including phenoxy) is 1. The number of hydrogen-bond donors (Lipinski definition) is 2. The molecule has 12 heteroatoms. The highest BCUT2D eigenvalue weighted by atomic mass is 35.5. The maximum absolute atomic E-state index is 14.2. The Balaban J connectivity index is 1.63. The number of aromatic nitrogens is 1. The van der Waals surface area contributed by atoms with Gasteiger partial charge in [0.2, 0.25) is 5.03 Å². The highest BCUT2D eigenvalue weighted by Crippen LogP contribution is 2.36. The van der Waals surface area contributed by atoms with E-state index in [4.69, 9.17) is 16.3 Å². The summed E-state index contributed by atoms with van der Waals surface area (Å²) in [6, 6.07) is 10.1. The molecule has 1 amide bonds. The molecule has 2 N–H and O–H groups in total. The number of benzene rings is 2. The van der Waals surface area contributed by atoms with Gasteiger partial charge in [0.1, 0.15) is 10.8 Å². The van der Waals surface area contributed by atoms with Crippen molar-refractivity contribution in [3.63, 3.8) is 0 Å². The normalized spacial score (nSPS) is 14.5. The Labute approximate surface area is 211 Å². The molecule has 4 rings (SSSR count). The number of anilines is 2. The smallest absolute Gasteiger partial charge is 0.313 e. The lowest BCUT2D eigenvalue weighted by atomic mass is 9.89. The highest BCUT2D eigenvalue weighted by molar-refractivity contribution is 7.85. The average molecular weight is 538 g/mol. The molecule has 8 nitrogen and oxygen atoms in total. The molecule has 0 aliphatic carbocycles. The highest BCUT2D eigenvalue weighted by Gasteiger charge is 2.30. The first-order valence-electron chi connectivity index (χ1n) is 10.9. The van der Waals surface area contributed by atoms with Gasteiger partial charge >= 0.3 is 10.1 Å². The number of rotatable bonds is 6. The zero-order chi connectivity index (χ0) is 26.0. The van der Waals surface area contributed by atoms with Crippen LogP contribution in [0.25, 0.3) is 0 Å². The summed E-state index contributed by atoms with van der Waals surface area (Å²) in [7, 11) is -3.50. The van der Waals surface area contributed by atoms with Gasteiger partial charge in [-0.2, -0.15) is 8.42 Å². The number of methoxy groups -OCH3 is 1. The van der Waals surface area contributed by atoms with Gasteiger partial charge in [-0.05, 0) is 48.6 Å². The van der Waals surface area contributed by atoms with E-state index in [9.17, 15) is 26.5 Å². The molecule has 0 bridgehead atoms. The number of likely N-dealkylation sites (tertiary alicyclic amines) is 1. The van der Waals surface area contributed by atoms with Crippen molar-refractivity contribution in [3.05, 3.63) is 76.4 Å². The number of piperidine rings is 1. The van der Waals surface area contributed by atoms with Crippen LogP contribution in [-0.4, -0.2) is 49.0 Å². The first-order chi connectivity index (χ1) is 17.1. The number of amides is 1. The lowest BCUT2D eigenvalue weighted by Crippen LogP contribution is -2.38. The summed E-state index contributed by atoms with van der Waals surface area (Å²) in [4.78, 5) is 18.7. The van der Waals surface area contributed by atoms with Gasteiger partial charge in [0, 0.05) is 31.0 Å². The largest absolute Gasteiger partial charge is 0.494 e. The van der Waals surface area contributed by atoms with Crippen molar-refractivity contribution in [3.8, 4) is 5.75 Å². The van der Waals surface area contributed by atoms with Crippen molar-refractivity contribution >= 4 is 39.0 Å². The molecule has 0 unspecified atom stereocenters. The molecule has 0 saturated carbocycles. The van der Waals surface area contributed by atoms with Gasteiger partial charge in [-0.15, -0.1) is 0 Å². The Bertz CT molecular complexity index is 1400. The summed E-state index contributed by atoms with van der Waals surface area (Å²) in [6.07, 6.45) is 2.27. The van der Waals surface area contributed by atoms with E-state index < -0.39 is 31.9 Å². The van der Waals surface area contributed by atoms with Crippen molar-refractivity contribution in [2.24, 2.45) is 0 Å². The van der Waals surface area contributed by atoms with Gasteiger partial charge in [0.05, 0.1) is 18.4 Å². The molecule has 1 aliphatic rings. The number of pyridine rings is 1. The number of carbonyl (C=O) groups excluding carboxylic acids is 1. The van der Waals surface area contributed by atoms with Crippen LogP contribution in [0.1, 0.15) is 34.7 Å². The van der Waals surface area contributed by atoms with E-state index in [-0.39, 0.29) is 34.4 Å². The summed E-state index contributed by atoms with van der Waals surface area (Å²) in [5.74, 6) is -1.35. The topological polar surface area (TPSA) is 109 Å². The van der Waals surface area contributed by atoms with Crippen LogP contribution in [-0.2, 0) is 10.1 Å². The molecule has 2 aromatic carbocycles.